The normalized spacial score (nSPS) is 15.8. The largest absolute Gasteiger partial charge is 0.459 e. The number of hydrogen-bond donors (Lipinski definition) is 1. The Balaban J connectivity index is 1.65. The maximum Gasteiger partial charge on any atom is 0.291 e. The summed E-state index contributed by atoms with van der Waals surface area (Å²) in [5.41, 5.74) is 2.46. The Hall–Kier alpha value is -2.87. The molecule has 1 fully saturated rings. The number of carbonyl (C=O) groups excluding carboxylic acids is 1. The van der Waals surface area contributed by atoms with E-state index < -0.39 is 0 Å². The van der Waals surface area contributed by atoms with Crippen molar-refractivity contribution in [3.05, 3.63) is 88.5 Å². The monoisotopic (exact) mass is 480 g/mol. The van der Waals surface area contributed by atoms with Crippen LogP contribution in [0.5, 0.6) is 0 Å². The van der Waals surface area contributed by atoms with Gasteiger partial charge in [0, 0.05) is 22.9 Å². The van der Waals surface area contributed by atoms with Crippen molar-refractivity contribution in [2.45, 2.75) is 6.04 Å². The number of fused-ring (bicyclic) bond motifs is 1. The molecule has 0 unspecified atom stereocenters. The van der Waals surface area contributed by atoms with E-state index in [1.54, 1.807) is 12.1 Å². The lowest BCUT2D eigenvalue weighted by Gasteiger charge is -2.34. The second kappa shape index (κ2) is 8.70. The molecule has 1 saturated heterocycles. The smallest absolute Gasteiger partial charge is 0.291 e. The summed E-state index contributed by atoms with van der Waals surface area (Å²) >= 11 is 3.59. The van der Waals surface area contributed by atoms with Crippen molar-refractivity contribution in [3.8, 4) is 0 Å². The second-order valence-corrected chi connectivity index (χ2v) is 8.29. The summed E-state index contributed by atoms with van der Waals surface area (Å²) in [6.45, 7) is 2.83. The minimum absolute atomic E-state index is 0.180. The van der Waals surface area contributed by atoms with E-state index in [2.05, 4.69) is 38.3 Å². The molecule has 31 heavy (non-hydrogen) atoms. The first kappa shape index (κ1) is 20.1. The van der Waals surface area contributed by atoms with Crippen LogP contribution in [0, 0.1) is 0 Å². The van der Waals surface area contributed by atoms with Gasteiger partial charge in [0.2, 0.25) is 0 Å². The first-order valence-corrected chi connectivity index (χ1v) is 10.9. The van der Waals surface area contributed by atoms with Gasteiger partial charge >= 0.3 is 0 Å². The van der Waals surface area contributed by atoms with Crippen LogP contribution >= 0.6 is 15.9 Å². The average molecular weight is 481 g/mol. The molecule has 7 heteroatoms. The SMILES string of the molecule is O=C(Nc1c([C@@H](c2cccc(Br)c2)N2CCOCC2)oc2ccccc12)c1ccco1. The molecule has 4 aromatic rings. The molecule has 0 saturated carbocycles. The number of hydrogen-bond acceptors (Lipinski definition) is 5. The minimum atomic E-state index is -0.312. The third-order valence-corrected chi connectivity index (χ3v) is 5.92. The van der Waals surface area contributed by atoms with E-state index in [-0.39, 0.29) is 17.7 Å². The van der Waals surface area contributed by atoms with Crippen LogP contribution in [0.4, 0.5) is 5.69 Å². The third kappa shape index (κ3) is 4.04. The molecule has 0 radical (unpaired) electrons. The van der Waals surface area contributed by atoms with Gasteiger partial charge in [-0.1, -0.05) is 40.2 Å². The number of nitrogens with zero attached hydrogens (tertiary/aromatic N) is 1. The first-order valence-electron chi connectivity index (χ1n) is 10.1. The Bertz CT molecular complexity index is 1200. The van der Waals surface area contributed by atoms with Gasteiger partial charge in [-0.15, -0.1) is 0 Å². The molecular weight excluding hydrogens is 460 g/mol. The molecule has 0 aliphatic carbocycles. The number of morpholine rings is 1. The predicted octanol–water partition coefficient (Wildman–Crippen LogP) is 5.46. The number of rotatable bonds is 5. The van der Waals surface area contributed by atoms with Crippen molar-refractivity contribution in [1.29, 1.82) is 0 Å². The van der Waals surface area contributed by atoms with E-state index in [9.17, 15) is 4.79 Å². The van der Waals surface area contributed by atoms with Crippen LogP contribution in [0.25, 0.3) is 11.0 Å². The molecule has 0 spiro atoms. The number of halogens is 1. The molecule has 1 aliphatic rings. The molecule has 3 heterocycles. The van der Waals surface area contributed by atoms with Crippen LogP contribution in [0.15, 0.2) is 80.2 Å². The maximum absolute atomic E-state index is 12.9. The summed E-state index contributed by atoms with van der Waals surface area (Å²) in [5.74, 6) is 0.635. The molecule has 1 amide bonds. The Morgan fingerprint density at radius 1 is 1.03 bits per heavy atom. The number of ether oxygens (including phenoxy) is 1. The molecule has 6 nitrogen and oxygen atoms in total. The Morgan fingerprint density at radius 2 is 1.87 bits per heavy atom. The maximum atomic E-state index is 12.9. The molecule has 1 aliphatic heterocycles. The van der Waals surface area contributed by atoms with Gasteiger partial charge in [0.25, 0.3) is 5.91 Å². The number of anilines is 1. The van der Waals surface area contributed by atoms with Gasteiger partial charge in [-0.25, -0.2) is 0 Å². The van der Waals surface area contributed by atoms with Gasteiger partial charge in [-0.2, -0.15) is 0 Å². The molecule has 158 valence electrons. The van der Waals surface area contributed by atoms with E-state index >= 15 is 0 Å². The van der Waals surface area contributed by atoms with Crippen molar-refractivity contribution in [1.82, 2.24) is 4.90 Å². The average Bonchev–Trinajstić information content (AvgIpc) is 3.44. The van der Waals surface area contributed by atoms with E-state index in [0.717, 1.165) is 34.1 Å². The number of carbonyl (C=O) groups is 1. The molecular formula is C24H21BrN2O4. The van der Waals surface area contributed by atoms with Crippen molar-refractivity contribution >= 4 is 38.5 Å². The van der Waals surface area contributed by atoms with Gasteiger partial charge in [-0.3, -0.25) is 9.69 Å². The van der Waals surface area contributed by atoms with Crippen molar-refractivity contribution < 1.29 is 18.4 Å². The molecule has 2 aromatic carbocycles. The summed E-state index contributed by atoms with van der Waals surface area (Å²) in [7, 11) is 0. The van der Waals surface area contributed by atoms with Crippen LogP contribution in [0.2, 0.25) is 0 Å². The highest BCUT2D eigenvalue weighted by Gasteiger charge is 2.31. The topological polar surface area (TPSA) is 67.9 Å². The number of para-hydroxylation sites is 1. The summed E-state index contributed by atoms with van der Waals surface area (Å²) < 4.78 is 18.3. The zero-order chi connectivity index (χ0) is 21.2. The van der Waals surface area contributed by atoms with Crippen LogP contribution < -0.4 is 5.32 Å². The number of furan rings is 2. The molecule has 0 bridgehead atoms. The lowest BCUT2D eigenvalue weighted by atomic mass is 10.0. The fourth-order valence-electron chi connectivity index (χ4n) is 4.01. The fraction of sp³-hybridized carbons (Fsp3) is 0.208. The van der Waals surface area contributed by atoms with Crippen molar-refractivity contribution in [3.63, 3.8) is 0 Å². The van der Waals surface area contributed by atoms with Gasteiger partial charge < -0.3 is 18.9 Å². The summed E-state index contributed by atoms with van der Waals surface area (Å²) in [6, 6.07) is 19.1. The minimum Gasteiger partial charge on any atom is -0.459 e. The predicted molar refractivity (Wildman–Crippen MR) is 121 cm³/mol. The molecule has 1 N–H and O–H groups in total. The Kier molecular flexibility index (Phi) is 5.63. The van der Waals surface area contributed by atoms with Gasteiger partial charge in [0.05, 0.1) is 31.2 Å². The van der Waals surface area contributed by atoms with Crippen LogP contribution in [0.1, 0.15) is 27.9 Å². The van der Waals surface area contributed by atoms with Gasteiger partial charge in [0.1, 0.15) is 11.3 Å². The highest BCUT2D eigenvalue weighted by Crippen LogP contribution is 2.41. The first-order chi connectivity index (χ1) is 15.2. The molecule has 2 aromatic heterocycles. The lowest BCUT2D eigenvalue weighted by Crippen LogP contribution is -2.39. The van der Waals surface area contributed by atoms with Crippen LogP contribution in [0.3, 0.4) is 0 Å². The van der Waals surface area contributed by atoms with E-state index in [4.69, 9.17) is 13.6 Å². The zero-order valence-electron chi connectivity index (χ0n) is 16.7. The van der Waals surface area contributed by atoms with Crippen molar-refractivity contribution in [2.24, 2.45) is 0 Å². The number of nitrogens with one attached hydrogen (secondary N) is 1. The lowest BCUT2D eigenvalue weighted by molar-refractivity contribution is 0.0206. The molecule has 1 atom stereocenters. The highest BCUT2D eigenvalue weighted by atomic mass is 79.9. The van der Waals surface area contributed by atoms with Crippen LogP contribution in [-0.2, 0) is 4.74 Å². The van der Waals surface area contributed by atoms with E-state index in [1.807, 2.05) is 36.4 Å². The Labute approximate surface area is 187 Å². The van der Waals surface area contributed by atoms with E-state index in [1.165, 1.54) is 6.26 Å². The van der Waals surface area contributed by atoms with Crippen LogP contribution in [-0.4, -0.2) is 37.1 Å². The number of amides is 1. The highest BCUT2D eigenvalue weighted by molar-refractivity contribution is 9.10. The van der Waals surface area contributed by atoms with E-state index in [0.29, 0.717) is 24.7 Å². The third-order valence-electron chi connectivity index (χ3n) is 5.43. The summed E-state index contributed by atoms with van der Waals surface area (Å²) in [4.78, 5) is 15.2. The fourth-order valence-corrected chi connectivity index (χ4v) is 4.43. The van der Waals surface area contributed by atoms with Crippen molar-refractivity contribution in [2.75, 3.05) is 31.6 Å². The Morgan fingerprint density at radius 3 is 2.65 bits per heavy atom. The standard InChI is InChI=1S/C24H21BrN2O4/c25-17-6-3-5-16(15-17)22(27-10-13-29-14-11-27)23-21(18-7-1-2-8-19(18)31-23)26-24(28)20-9-4-12-30-20/h1-9,12,15,22H,10-11,13-14H2,(H,26,28)/t22-/m1/s1. The quantitative estimate of drug-likeness (QED) is 0.410. The number of benzene rings is 2. The molecule has 5 rings (SSSR count). The van der Waals surface area contributed by atoms with Gasteiger partial charge in [0.15, 0.2) is 5.76 Å². The zero-order valence-corrected chi connectivity index (χ0v) is 18.3. The second-order valence-electron chi connectivity index (χ2n) is 7.37. The summed E-state index contributed by atoms with van der Waals surface area (Å²) in [6.07, 6.45) is 1.49. The van der Waals surface area contributed by atoms with Gasteiger partial charge in [-0.05, 0) is 42.0 Å². The summed E-state index contributed by atoms with van der Waals surface area (Å²) in [5, 5.41) is 3.90.